The molecule has 1 aromatic carbocycles. The number of rotatable bonds is 3. The van der Waals surface area contributed by atoms with Gasteiger partial charge in [0.25, 0.3) is 0 Å². The van der Waals surface area contributed by atoms with Gasteiger partial charge in [-0.1, -0.05) is 19.1 Å². The van der Waals surface area contributed by atoms with Gasteiger partial charge < -0.3 is 5.73 Å². The zero-order valence-electron chi connectivity index (χ0n) is 8.13. The zero-order valence-corrected chi connectivity index (χ0v) is 8.13. The summed E-state index contributed by atoms with van der Waals surface area (Å²) in [6, 6.07) is 6.88. The minimum Gasteiger partial charge on any atom is -0.328 e. The number of hydrogen-bond acceptors (Lipinski definition) is 1. The van der Waals surface area contributed by atoms with Gasteiger partial charge >= 0.3 is 0 Å². The molecule has 0 fully saturated rings. The minimum absolute atomic E-state index is 0.165. The van der Waals surface area contributed by atoms with E-state index < -0.39 is 0 Å². The molecule has 13 heavy (non-hydrogen) atoms. The molecule has 2 N–H and O–H groups in total. The molecule has 0 radical (unpaired) electrons. The minimum atomic E-state index is -0.172. The van der Waals surface area contributed by atoms with Crippen LogP contribution in [0.4, 0.5) is 4.39 Å². The maximum atomic E-state index is 12.8. The van der Waals surface area contributed by atoms with Gasteiger partial charge in [-0.15, -0.1) is 0 Å². The van der Waals surface area contributed by atoms with Crippen molar-refractivity contribution in [1.29, 1.82) is 0 Å². The van der Waals surface area contributed by atoms with Crippen molar-refractivity contribution in [2.45, 2.75) is 32.2 Å². The summed E-state index contributed by atoms with van der Waals surface area (Å²) in [4.78, 5) is 0. The van der Waals surface area contributed by atoms with Crippen molar-refractivity contribution in [3.8, 4) is 0 Å². The second-order valence-corrected chi connectivity index (χ2v) is 3.67. The number of halogens is 1. The Labute approximate surface area is 78.8 Å². The molecule has 0 aliphatic carbocycles. The fourth-order valence-electron chi connectivity index (χ4n) is 1.51. The Morgan fingerprint density at radius 1 is 1.38 bits per heavy atom. The smallest absolute Gasteiger partial charge is 0.123 e. The summed E-state index contributed by atoms with van der Waals surface area (Å²) in [6.45, 7) is 4.04. The highest BCUT2D eigenvalue weighted by atomic mass is 19.1. The van der Waals surface area contributed by atoms with E-state index in [-0.39, 0.29) is 11.9 Å². The number of nitrogens with two attached hydrogens (primary N) is 1. The summed E-state index contributed by atoms with van der Waals surface area (Å²) < 4.78 is 12.8. The van der Waals surface area contributed by atoms with Crippen molar-refractivity contribution in [3.63, 3.8) is 0 Å². The second-order valence-electron chi connectivity index (χ2n) is 3.67. The van der Waals surface area contributed by atoms with E-state index in [9.17, 15) is 4.39 Å². The van der Waals surface area contributed by atoms with E-state index in [1.165, 1.54) is 6.07 Å². The Hall–Kier alpha value is -0.890. The average molecular weight is 181 g/mol. The predicted octanol–water partition coefficient (Wildman–Crippen LogP) is 2.67. The van der Waals surface area contributed by atoms with Crippen LogP contribution in [0, 0.1) is 5.82 Å². The van der Waals surface area contributed by atoms with E-state index >= 15 is 0 Å². The van der Waals surface area contributed by atoms with Gasteiger partial charge in [0.05, 0.1) is 0 Å². The van der Waals surface area contributed by atoms with Crippen LogP contribution >= 0.6 is 0 Å². The van der Waals surface area contributed by atoms with Crippen molar-refractivity contribution in [2.75, 3.05) is 0 Å². The molecular formula is C11H16FN. The van der Waals surface area contributed by atoms with Gasteiger partial charge in [-0.3, -0.25) is 0 Å². The van der Waals surface area contributed by atoms with Crippen molar-refractivity contribution in [3.05, 3.63) is 35.6 Å². The summed E-state index contributed by atoms with van der Waals surface area (Å²) in [7, 11) is 0. The normalized spacial score (nSPS) is 15.4. The van der Waals surface area contributed by atoms with Crippen molar-refractivity contribution in [2.24, 2.45) is 5.73 Å². The predicted molar refractivity (Wildman–Crippen MR) is 53.1 cm³/mol. The Bertz CT molecular complexity index is 271. The van der Waals surface area contributed by atoms with E-state index in [2.05, 4.69) is 6.92 Å². The Kier molecular flexibility index (Phi) is 3.43. The first-order chi connectivity index (χ1) is 6.09. The number of benzene rings is 1. The molecule has 0 heterocycles. The molecule has 72 valence electrons. The fraction of sp³-hybridized carbons (Fsp3) is 0.455. The van der Waals surface area contributed by atoms with Crippen LogP contribution in [0.25, 0.3) is 0 Å². The van der Waals surface area contributed by atoms with Crippen molar-refractivity contribution in [1.82, 2.24) is 0 Å². The molecule has 2 heteroatoms. The summed E-state index contributed by atoms with van der Waals surface area (Å²) in [6.07, 6.45) is 0.892. The first-order valence-electron chi connectivity index (χ1n) is 4.60. The van der Waals surface area contributed by atoms with Crippen LogP contribution in [0.2, 0.25) is 0 Å². The fourth-order valence-corrected chi connectivity index (χ4v) is 1.51. The second kappa shape index (κ2) is 4.38. The van der Waals surface area contributed by atoms with E-state index in [0.717, 1.165) is 12.0 Å². The zero-order chi connectivity index (χ0) is 9.84. The van der Waals surface area contributed by atoms with Gasteiger partial charge in [0.15, 0.2) is 0 Å². The molecule has 0 aliphatic heterocycles. The third kappa shape index (κ3) is 3.15. The van der Waals surface area contributed by atoms with Crippen LogP contribution in [-0.2, 0) is 0 Å². The molecule has 0 saturated carbocycles. The molecule has 0 amide bonds. The lowest BCUT2D eigenvalue weighted by Crippen LogP contribution is -2.17. The molecule has 1 rings (SSSR count). The maximum absolute atomic E-state index is 12.8. The van der Waals surface area contributed by atoms with Crippen molar-refractivity contribution < 1.29 is 4.39 Å². The number of hydrogen-bond donors (Lipinski definition) is 1. The maximum Gasteiger partial charge on any atom is 0.123 e. The van der Waals surface area contributed by atoms with Crippen LogP contribution < -0.4 is 5.73 Å². The first kappa shape index (κ1) is 10.2. The topological polar surface area (TPSA) is 26.0 Å². The quantitative estimate of drug-likeness (QED) is 0.762. The van der Waals surface area contributed by atoms with Crippen LogP contribution in [0.15, 0.2) is 24.3 Å². The largest absolute Gasteiger partial charge is 0.328 e. The summed E-state index contributed by atoms with van der Waals surface area (Å²) in [5.41, 5.74) is 6.70. The molecule has 1 aromatic rings. The Morgan fingerprint density at radius 2 is 2.08 bits per heavy atom. The molecule has 0 bridgehead atoms. The molecule has 1 nitrogen and oxygen atoms in total. The van der Waals surface area contributed by atoms with Gasteiger partial charge in [0.2, 0.25) is 0 Å². The highest BCUT2D eigenvalue weighted by molar-refractivity contribution is 5.20. The van der Waals surface area contributed by atoms with Gasteiger partial charge in [-0.25, -0.2) is 4.39 Å². The molecular weight excluding hydrogens is 165 g/mol. The van der Waals surface area contributed by atoms with E-state index in [0.29, 0.717) is 5.92 Å². The molecule has 0 aliphatic rings. The first-order valence-corrected chi connectivity index (χ1v) is 4.60. The summed E-state index contributed by atoms with van der Waals surface area (Å²) >= 11 is 0. The Balaban J connectivity index is 2.71. The molecule has 0 aromatic heterocycles. The highest BCUT2D eigenvalue weighted by Crippen LogP contribution is 2.20. The molecule has 0 saturated heterocycles. The van der Waals surface area contributed by atoms with E-state index in [1.807, 2.05) is 13.0 Å². The highest BCUT2D eigenvalue weighted by Gasteiger charge is 2.08. The van der Waals surface area contributed by atoms with E-state index in [1.54, 1.807) is 12.1 Å². The van der Waals surface area contributed by atoms with Crippen LogP contribution in [0.5, 0.6) is 0 Å². The Morgan fingerprint density at radius 3 is 2.62 bits per heavy atom. The van der Waals surface area contributed by atoms with Gasteiger partial charge in [0, 0.05) is 6.04 Å². The lowest BCUT2D eigenvalue weighted by Gasteiger charge is -2.14. The van der Waals surface area contributed by atoms with Crippen LogP contribution in [0.1, 0.15) is 31.7 Å². The van der Waals surface area contributed by atoms with Crippen LogP contribution in [-0.4, -0.2) is 6.04 Å². The third-order valence-corrected chi connectivity index (χ3v) is 2.14. The summed E-state index contributed by atoms with van der Waals surface area (Å²) in [5, 5.41) is 0. The van der Waals surface area contributed by atoms with Crippen LogP contribution in [0.3, 0.4) is 0 Å². The monoisotopic (exact) mass is 181 g/mol. The van der Waals surface area contributed by atoms with Gasteiger partial charge in [-0.05, 0) is 37.0 Å². The molecule has 2 atom stereocenters. The molecule has 2 unspecified atom stereocenters. The van der Waals surface area contributed by atoms with Gasteiger partial charge in [0.1, 0.15) is 5.82 Å². The standard InChI is InChI=1S/C11H16FN/c1-8(6-9(2)13)10-4-3-5-11(12)7-10/h3-5,7-9H,6,13H2,1-2H3. The molecule has 0 spiro atoms. The average Bonchev–Trinajstić information content (AvgIpc) is 2.03. The van der Waals surface area contributed by atoms with Crippen molar-refractivity contribution >= 4 is 0 Å². The van der Waals surface area contributed by atoms with E-state index in [4.69, 9.17) is 5.73 Å². The lowest BCUT2D eigenvalue weighted by atomic mass is 9.95. The third-order valence-electron chi connectivity index (χ3n) is 2.14. The summed E-state index contributed by atoms with van der Waals surface area (Å²) in [5.74, 6) is 0.157. The lowest BCUT2D eigenvalue weighted by molar-refractivity contribution is 0.576. The SMILES string of the molecule is CC(N)CC(C)c1cccc(F)c1. The van der Waals surface area contributed by atoms with Gasteiger partial charge in [-0.2, -0.15) is 0 Å².